The van der Waals surface area contributed by atoms with E-state index in [1.807, 2.05) is 0 Å². The average Bonchev–Trinajstić information content (AvgIpc) is 2.67. The molecule has 0 aromatic heterocycles. The molecule has 1 fully saturated rings. The summed E-state index contributed by atoms with van der Waals surface area (Å²) in [5.74, 6) is -1.95. The molecule has 6 heteroatoms. The molecule has 1 aliphatic carbocycles. The average molecular weight is 268 g/mol. The first-order valence-electron chi connectivity index (χ1n) is 4.96. The minimum Gasteiger partial charge on any atom is -0.480 e. The van der Waals surface area contributed by atoms with Gasteiger partial charge in [-0.05, 0) is 11.8 Å². The van der Waals surface area contributed by atoms with Crippen LogP contribution in [-0.2, 0) is 9.59 Å². The number of carbonyl (C=O) groups is 2. The maximum Gasteiger partial charge on any atom is 0.326 e. The number of alkyl halides is 2. The summed E-state index contributed by atoms with van der Waals surface area (Å²) >= 11 is 11.5. The van der Waals surface area contributed by atoms with Crippen LogP contribution in [0, 0.1) is 11.3 Å². The van der Waals surface area contributed by atoms with E-state index in [0.29, 0.717) is 6.42 Å². The quantitative estimate of drug-likeness (QED) is 0.767. The largest absolute Gasteiger partial charge is 0.480 e. The number of carbonyl (C=O) groups excluding carboxylic acids is 1. The summed E-state index contributed by atoms with van der Waals surface area (Å²) in [7, 11) is 0. The second kappa shape index (κ2) is 4.08. The monoisotopic (exact) mass is 267 g/mol. The third-order valence-corrected chi connectivity index (χ3v) is 3.38. The number of amides is 1. The lowest BCUT2D eigenvalue weighted by Crippen LogP contribution is -2.49. The van der Waals surface area contributed by atoms with Crippen molar-refractivity contribution in [2.75, 3.05) is 0 Å². The Hall–Kier alpha value is -0.480. The predicted molar refractivity (Wildman–Crippen MR) is 61.6 cm³/mol. The van der Waals surface area contributed by atoms with Crippen LogP contribution in [0.4, 0.5) is 0 Å². The minimum atomic E-state index is -1.06. The van der Waals surface area contributed by atoms with E-state index in [2.05, 4.69) is 5.32 Å². The van der Waals surface area contributed by atoms with E-state index in [1.54, 1.807) is 20.8 Å². The number of aliphatic carboxylic acids is 1. The number of hydrogen-bond donors (Lipinski definition) is 2. The van der Waals surface area contributed by atoms with Gasteiger partial charge in [0.1, 0.15) is 10.4 Å². The number of halogens is 2. The molecule has 0 radical (unpaired) electrons. The molecular formula is C10H15Cl2NO3. The van der Waals surface area contributed by atoms with Crippen LogP contribution in [0.5, 0.6) is 0 Å². The van der Waals surface area contributed by atoms with Crippen molar-refractivity contribution < 1.29 is 14.7 Å². The molecule has 2 unspecified atom stereocenters. The zero-order chi connectivity index (χ0) is 12.7. The highest BCUT2D eigenvalue weighted by molar-refractivity contribution is 6.52. The molecule has 0 bridgehead atoms. The molecule has 0 spiro atoms. The summed E-state index contributed by atoms with van der Waals surface area (Å²) in [5, 5.41) is 11.5. The van der Waals surface area contributed by atoms with Crippen LogP contribution in [0.1, 0.15) is 27.2 Å². The van der Waals surface area contributed by atoms with Crippen molar-refractivity contribution in [3.8, 4) is 0 Å². The number of carboxylic acids is 1. The van der Waals surface area contributed by atoms with Gasteiger partial charge >= 0.3 is 5.97 Å². The Labute approximate surface area is 104 Å². The smallest absolute Gasteiger partial charge is 0.326 e. The number of rotatable bonds is 3. The molecular weight excluding hydrogens is 253 g/mol. The molecule has 0 aliphatic heterocycles. The Morgan fingerprint density at radius 1 is 1.44 bits per heavy atom. The molecule has 0 saturated heterocycles. The highest BCUT2D eigenvalue weighted by Crippen LogP contribution is 2.53. The fraction of sp³-hybridized carbons (Fsp3) is 0.800. The van der Waals surface area contributed by atoms with Gasteiger partial charge in [0.15, 0.2) is 0 Å². The van der Waals surface area contributed by atoms with Crippen molar-refractivity contribution in [1.82, 2.24) is 5.32 Å². The van der Waals surface area contributed by atoms with Gasteiger partial charge in [0, 0.05) is 0 Å². The normalized spacial score (nSPS) is 24.7. The van der Waals surface area contributed by atoms with Gasteiger partial charge in [-0.2, -0.15) is 0 Å². The zero-order valence-electron chi connectivity index (χ0n) is 9.38. The van der Waals surface area contributed by atoms with Gasteiger partial charge in [-0.1, -0.05) is 20.8 Å². The minimum absolute atomic E-state index is 0.373. The summed E-state index contributed by atoms with van der Waals surface area (Å²) in [6.45, 7) is 5.23. The van der Waals surface area contributed by atoms with E-state index < -0.39 is 33.6 Å². The Morgan fingerprint density at radius 3 is 2.12 bits per heavy atom. The van der Waals surface area contributed by atoms with Crippen LogP contribution in [0.15, 0.2) is 0 Å². The predicted octanol–water partition coefficient (Wildman–Crippen LogP) is 1.80. The summed E-state index contributed by atoms with van der Waals surface area (Å²) in [6.07, 6.45) is 0.373. The van der Waals surface area contributed by atoms with E-state index in [-0.39, 0.29) is 0 Å². The maximum atomic E-state index is 11.6. The van der Waals surface area contributed by atoms with Crippen LogP contribution in [0.25, 0.3) is 0 Å². The maximum absolute atomic E-state index is 11.6. The number of hydrogen-bond acceptors (Lipinski definition) is 2. The van der Waals surface area contributed by atoms with Crippen molar-refractivity contribution in [3.63, 3.8) is 0 Å². The van der Waals surface area contributed by atoms with E-state index in [4.69, 9.17) is 28.3 Å². The highest BCUT2D eigenvalue weighted by Gasteiger charge is 2.57. The van der Waals surface area contributed by atoms with Crippen LogP contribution in [-0.4, -0.2) is 27.4 Å². The van der Waals surface area contributed by atoms with Crippen LogP contribution < -0.4 is 5.32 Å². The van der Waals surface area contributed by atoms with E-state index in [9.17, 15) is 9.59 Å². The van der Waals surface area contributed by atoms with Gasteiger partial charge in [0.05, 0.1) is 5.92 Å². The van der Waals surface area contributed by atoms with Crippen LogP contribution >= 0.6 is 23.2 Å². The first kappa shape index (κ1) is 13.6. The van der Waals surface area contributed by atoms with Crippen molar-refractivity contribution >= 4 is 35.1 Å². The summed E-state index contributed by atoms with van der Waals surface area (Å²) < 4.78 is -1.02. The molecule has 0 aromatic carbocycles. The SMILES string of the molecule is CC(C)(C)C(NC(=O)C1CC1(Cl)Cl)C(=O)O. The van der Waals surface area contributed by atoms with Crippen LogP contribution in [0.2, 0.25) is 0 Å². The number of nitrogens with one attached hydrogen (secondary N) is 1. The van der Waals surface area contributed by atoms with Gasteiger partial charge in [-0.25, -0.2) is 4.79 Å². The lowest BCUT2D eigenvalue weighted by molar-refractivity contribution is -0.145. The Kier molecular flexibility index (Phi) is 3.46. The fourth-order valence-corrected chi connectivity index (χ4v) is 1.90. The van der Waals surface area contributed by atoms with E-state index >= 15 is 0 Å². The molecule has 92 valence electrons. The Bertz CT molecular complexity index is 323. The lowest BCUT2D eigenvalue weighted by Gasteiger charge is -2.27. The fourth-order valence-electron chi connectivity index (χ4n) is 1.39. The Balaban J connectivity index is 2.64. The van der Waals surface area contributed by atoms with Gasteiger partial charge in [-0.3, -0.25) is 4.79 Å². The van der Waals surface area contributed by atoms with E-state index in [1.165, 1.54) is 0 Å². The molecule has 2 N–H and O–H groups in total. The first-order valence-corrected chi connectivity index (χ1v) is 5.72. The standard InChI is InChI=1S/C10H15Cl2NO3/c1-9(2,3)6(8(15)16)13-7(14)5-4-10(5,11)12/h5-6H,4H2,1-3H3,(H,13,14)(H,15,16). The van der Waals surface area contributed by atoms with Crippen molar-refractivity contribution in [2.24, 2.45) is 11.3 Å². The molecule has 0 heterocycles. The second-order valence-electron chi connectivity index (χ2n) is 5.16. The van der Waals surface area contributed by atoms with Crippen molar-refractivity contribution in [2.45, 2.75) is 37.6 Å². The second-order valence-corrected chi connectivity index (χ2v) is 6.71. The van der Waals surface area contributed by atoms with Gasteiger partial charge in [0.2, 0.25) is 5.91 Å². The number of carboxylic acid groups (broad SMARTS) is 1. The zero-order valence-corrected chi connectivity index (χ0v) is 10.9. The molecule has 1 rings (SSSR count). The molecule has 0 aromatic rings. The third kappa shape index (κ3) is 3.01. The summed E-state index contributed by atoms with van der Waals surface area (Å²) in [5.41, 5.74) is -0.558. The topological polar surface area (TPSA) is 66.4 Å². The summed E-state index contributed by atoms with van der Waals surface area (Å²) in [6, 6.07) is -0.940. The van der Waals surface area contributed by atoms with Crippen molar-refractivity contribution in [3.05, 3.63) is 0 Å². The van der Waals surface area contributed by atoms with Gasteiger partial charge in [-0.15, -0.1) is 23.2 Å². The third-order valence-electron chi connectivity index (χ3n) is 2.54. The Morgan fingerprint density at radius 2 is 1.88 bits per heavy atom. The lowest BCUT2D eigenvalue weighted by atomic mass is 9.86. The van der Waals surface area contributed by atoms with Crippen LogP contribution in [0.3, 0.4) is 0 Å². The molecule has 2 atom stereocenters. The molecule has 1 amide bonds. The van der Waals surface area contributed by atoms with Crippen molar-refractivity contribution in [1.29, 1.82) is 0 Å². The highest BCUT2D eigenvalue weighted by atomic mass is 35.5. The summed E-state index contributed by atoms with van der Waals surface area (Å²) in [4.78, 5) is 22.6. The molecule has 4 nitrogen and oxygen atoms in total. The molecule has 1 aliphatic rings. The molecule has 1 saturated carbocycles. The molecule has 16 heavy (non-hydrogen) atoms. The van der Waals surface area contributed by atoms with E-state index in [0.717, 1.165) is 0 Å². The van der Waals surface area contributed by atoms with Gasteiger partial charge in [0.25, 0.3) is 0 Å². The first-order chi connectivity index (χ1) is 7.05. The van der Waals surface area contributed by atoms with Gasteiger partial charge < -0.3 is 10.4 Å².